The summed E-state index contributed by atoms with van der Waals surface area (Å²) in [5.74, 6) is 1.84. The molecule has 0 amide bonds. The van der Waals surface area contributed by atoms with Crippen molar-refractivity contribution in [1.82, 2.24) is 14.6 Å². The van der Waals surface area contributed by atoms with E-state index in [0.717, 1.165) is 16.8 Å². The van der Waals surface area contributed by atoms with E-state index in [1.165, 1.54) is 6.92 Å². The highest BCUT2D eigenvalue weighted by molar-refractivity contribution is 8.09. The maximum Gasteiger partial charge on any atom is 0.330 e. The molecule has 1 unspecified atom stereocenters. The first-order valence-corrected chi connectivity index (χ1v) is 13.8. The number of terminal acetylenes is 1. The second-order valence-electron chi connectivity index (χ2n) is 7.99. The monoisotopic (exact) mass is 555 g/mol. The lowest BCUT2D eigenvalue weighted by Crippen LogP contribution is -2.41. The summed E-state index contributed by atoms with van der Waals surface area (Å²) in [5, 5.41) is 23.0. The maximum atomic E-state index is 12.4. The number of rotatable bonds is 14. The fourth-order valence-electron chi connectivity index (χ4n) is 2.85. The number of aliphatic hydroxyl groups excluding tert-OH is 2. The van der Waals surface area contributed by atoms with Crippen molar-refractivity contribution in [3.63, 3.8) is 0 Å². The number of hydrogen-bond acceptors (Lipinski definition) is 10. The van der Waals surface area contributed by atoms with Crippen molar-refractivity contribution in [1.29, 1.82) is 0 Å². The summed E-state index contributed by atoms with van der Waals surface area (Å²) in [5.41, 5.74) is -1.55. The van der Waals surface area contributed by atoms with Crippen LogP contribution in [-0.2, 0) is 30.6 Å². The van der Waals surface area contributed by atoms with Crippen LogP contribution in [-0.4, -0.2) is 63.3 Å². The number of benzene rings is 1. The Balaban J connectivity index is 2.25. The number of para-hydroxylation sites is 1. The van der Waals surface area contributed by atoms with E-state index in [1.807, 2.05) is 10.9 Å². The van der Waals surface area contributed by atoms with Gasteiger partial charge >= 0.3 is 18.3 Å². The predicted molar refractivity (Wildman–Crippen MR) is 138 cm³/mol. The van der Waals surface area contributed by atoms with Crippen LogP contribution < -0.4 is 20.9 Å². The minimum atomic E-state index is -3.45. The van der Waals surface area contributed by atoms with E-state index in [-0.39, 0.29) is 12.7 Å². The number of ether oxygens (including phenoxy) is 2. The van der Waals surface area contributed by atoms with Crippen molar-refractivity contribution < 1.29 is 33.5 Å². The van der Waals surface area contributed by atoms with Crippen LogP contribution in [0.15, 0.2) is 52.2 Å². The highest BCUT2D eigenvalue weighted by Crippen LogP contribution is 2.45. The van der Waals surface area contributed by atoms with Gasteiger partial charge in [-0.05, 0) is 44.7 Å². The summed E-state index contributed by atoms with van der Waals surface area (Å²) in [7, 11) is 0. The van der Waals surface area contributed by atoms with Gasteiger partial charge in [0.15, 0.2) is 12.3 Å². The smallest absolute Gasteiger partial charge is 0.330 e. The van der Waals surface area contributed by atoms with Gasteiger partial charge in [-0.1, -0.05) is 24.1 Å². The lowest BCUT2D eigenvalue weighted by molar-refractivity contribution is -0.149. The van der Waals surface area contributed by atoms with Gasteiger partial charge in [-0.25, -0.2) is 9.88 Å². The molecule has 0 aliphatic carbocycles. The number of hydrogen-bond donors (Lipinski definition) is 4. The molecule has 0 aliphatic rings. The van der Waals surface area contributed by atoms with Gasteiger partial charge in [-0.2, -0.15) is 0 Å². The Hall–Kier alpha value is -2.82. The summed E-state index contributed by atoms with van der Waals surface area (Å²) in [6, 6.07) is 8.65. The molecule has 0 fully saturated rings. The summed E-state index contributed by atoms with van der Waals surface area (Å²) in [6.45, 7) is 0.479. The molecule has 5 atom stereocenters. The Bertz CT molecular complexity index is 1230. The molecule has 202 valence electrons. The standard InChI is InChI=1S/C23H30N3O9PS/c1-5-19(28)21(26-12-11-20(29)24-23(26)31)34-18(13-27)14-32-36(37,35-17-9-7-6-8-10-17)25-16(4)22(30)33-15(2)3/h1,6-12,15-16,18-19,21,27-28H,13-14H2,2-4H3,(H,25,37)(H,24,29,31)/t16-,18-,19-,21+,36?/m0/s1. The molecule has 2 rings (SSSR count). The Kier molecular flexibility index (Phi) is 11.7. The van der Waals surface area contributed by atoms with Crippen LogP contribution in [0, 0.1) is 12.3 Å². The quantitative estimate of drug-likeness (QED) is 0.147. The molecule has 4 N–H and O–H groups in total. The van der Waals surface area contributed by atoms with Crippen molar-refractivity contribution in [2.45, 2.75) is 51.4 Å². The molecule has 0 spiro atoms. The second-order valence-corrected chi connectivity index (χ2v) is 11.1. The number of esters is 1. The van der Waals surface area contributed by atoms with E-state index in [2.05, 4.69) is 5.09 Å². The zero-order valence-electron chi connectivity index (χ0n) is 20.5. The van der Waals surface area contributed by atoms with E-state index in [1.54, 1.807) is 44.2 Å². The fourth-order valence-corrected chi connectivity index (χ4v) is 5.29. The number of carbonyl (C=O) groups excluding carboxylic acids is 1. The molecule has 1 aromatic carbocycles. The molecule has 0 radical (unpaired) electrons. The van der Waals surface area contributed by atoms with E-state index in [0.29, 0.717) is 5.75 Å². The molecule has 14 heteroatoms. The van der Waals surface area contributed by atoms with Crippen molar-refractivity contribution >= 4 is 24.4 Å². The van der Waals surface area contributed by atoms with E-state index in [4.69, 9.17) is 36.8 Å². The second kappa shape index (κ2) is 14.2. The van der Waals surface area contributed by atoms with Crippen molar-refractivity contribution in [2.75, 3.05) is 13.2 Å². The zero-order chi connectivity index (χ0) is 27.6. The van der Waals surface area contributed by atoms with Gasteiger partial charge in [0, 0.05) is 12.3 Å². The lowest BCUT2D eigenvalue weighted by atomic mass is 10.3. The largest absolute Gasteiger partial charge is 0.462 e. The van der Waals surface area contributed by atoms with Crippen LogP contribution >= 0.6 is 6.64 Å². The van der Waals surface area contributed by atoms with Crippen molar-refractivity contribution in [3.05, 3.63) is 63.4 Å². The molecule has 1 aromatic heterocycles. The molecule has 12 nitrogen and oxygen atoms in total. The highest BCUT2D eigenvalue weighted by Gasteiger charge is 2.31. The molecule has 0 saturated heterocycles. The number of carbonyl (C=O) groups is 1. The minimum absolute atomic E-state index is 0.353. The van der Waals surface area contributed by atoms with Crippen LogP contribution in [0.4, 0.5) is 0 Å². The topological polar surface area (TPSA) is 161 Å². The molecule has 2 aromatic rings. The third-order valence-corrected chi connectivity index (χ3v) is 7.06. The van der Waals surface area contributed by atoms with Crippen LogP contribution in [0.3, 0.4) is 0 Å². The molecular formula is C23H30N3O9PS. The van der Waals surface area contributed by atoms with Crippen LogP contribution in [0.2, 0.25) is 0 Å². The number of aromatic amines is 1. The Labute approximate surface area is 218 Å². The van der Waals surface area contributed by atoms with Gasteiger partial charge in [0.05, 0.1) is 19.3 Å². The average molecular weight is 556 g/mol. The highest BCUT2D eigenvalue weighted by atomic mass is 32.5. The van der Waals surface area contributed by atoms with Crippen molar-refractivity contribution in [3.8, 4) is 18.1 Å². The first kappa shape index (κ1) is 30.4. The average Bonchev–Trinajstić information content (AvgIpc) is 2.84. The summed E-state index contributed by atoms with van der Waals surface area (Å²) in [4.78, 5) is 38.0. The number of aromatic nitrogens is 2. The molecule has 1 heterocycles. The van der Waals surface area contributed by atoms with Gasteiger partial charge < -0.3 is 28.7 Å². The number of nitrogens with zero attached hydrogens (tertiary/aromatic N) is 1. The normalized spacial score (nSPS) is 16.1. The Morgan fingerprint density at radius 3 is 2.49 bits per heavy atom. The maximum absolute atomic E-state index is 12.4. The van der Waals surface area contributed by atoms with Gasteiger partial charge in [-0.15, -0.1) is 6.42 Å². The predicted octanol–water partition coefficient (Wildman–Crippen LogP) is 0.657. The number of aliphatic hydroxyl groups is 2. The van der Waals surface area contributed by atoms with E-state index >= 15 is 0 Å². The van der Waals surface area contributed by atoms with Gasteiger partial charge in [0.2, 0.25) is 0 Å². The minimum Gasteiger partial charge on any atom is -0.462 e. The van der Waals surface area contributed by atoms with E-state index in [9.17, 15) is 24.6 Å². The Morgan fingerprint density at radius 2 is 1.92 bits per heavy atom. The molecule has 0 aliphatic heterocycles. The molecule has 37 heavy (non-hydrogen) atoms. The third-order valence-electron chi connectivity index (χ3n) is 4.56. The van der Waals surface area contributed by atoms with Crippen molar-refractivity contribution in [2.24, 2.45) is 0 Å². The number of nitrogens with one attached hydrogen (secondary N) is 2. The first-order chi connectivity index (χ1) is 17.5. The first-order valence-electron chi connectivity index (χ1n) is 11.2. The fraction of sp³-hybridized carbons (Fsp3) is 0.435. The van der Waals surface area contributed by atoms with E-state index < -0.39 is 54.9 Å². The number of H-pyrrole nitrogens is 1. The summed E-state index contributed by atoms with van der Waals surface area (Å²) in [6.07, 6.45) is 1.79. The Morgan fingerprint density at radius 1 is 1.24 bits per heavy atom. The van der Waals surface area contributed by atoms with Crippen LogP contribution in [0.1, 0.15) is 27.0 Å². The van der Waals surface area contributed by atoms with Gasteiger partial charge in [0.25, 0.3) is 5.56 Å². The summed E-state index contributed by atoms with van der Waals surface area (Å²) >= 11 is 5.61. The SMILES string of the molecule is C#C[C@H](O)[C@@H](O[C@@H](CO)COP(=S)(N[C@@H](C)C(=O)OC(C)C)Oc1ccccc1)n1ccc(=O)[nH]c1=O. The van der Waals surface area contributed by atoms with Gasteiger partial charge in [0.1, 0.15) is 17.9 Å². The molecular weight excluding hydrogens is 525 g/mol. The molecule has 0 saturated carbocycles. The molecule has 0 bridgehead atoms. The summed E-state index contributed by atoms with van der Waals surface area (Å²) < 4.78 is 23.5. The van der Waals surface area contributed by atoms with Gasteiger partial charge in [-0.3, -0.25) is 19.1 Å². The van der Waals surface area contributed by atoms with Crippen LogP contribution in [0.25, 0.3) is 0 Å². The third kappa shape index (κ3) is 9.53. The zero-order valence-corrected chi connectivity index (χ0v) is 22.2. The lowest BCUT2D eigenvalue weighted by Gasteiger charge is -2.30. The van der Waals surface area contributed by atoms with Crippen LogP contribution in [0.5, 0.6) is 5.75 Å².